The van der Waals surface area contributed by atoms with Gasteiger partial charge >= 0.3 is 0 Å². The predicted molar refractivity (Wildman–Crippen MR) is 114 cm³/mol. The van der Waals surface area contributed by atoms with Crippen molar-refractivity contribution in [3.05, 3.63) is 59.0 Å². The Morgan fingerprint density at radius 1 is 1.21 bits per heavy atom. The van der Waals surface area contributed by atoms with Crippen molar-refractivity contribution < 1.29 is 19.1 Å². The van der Waals surface area contributed by atoms with Gasteiger partial charge in [-0.15, -0.1) is 0 Å². The first kappa shape index (κ1) is 20.5. The molecule has 0 aromatic heterocycles. The monoisotopic (exact) mass is 411 g/mol. The molecule has 2 aromatic rings. The van der Waals surface area contributed by atoms with Crippen molar-refractivity contribution in [1.29, 1.82) is 0 Å². The molecule has 2 aromatic carbocycles. The highest BCUT2D eigenvalue weighted by Crippen LogP contribution is 2.38. The van der Waals surface area contributed by atoms with Crippen molar-refractivity contribution in [2.75, 3.05) is 20.3 Å². The van der Waals surface area contributed by atoms with E-state index in [1.807, 2.05) is 37.3 Å². The zero-order chi connectivity index (χ0) is 20.8. The second-order valence-corrected chi connectivity index (χ2v) is 7.03. The zero-order valence-corrected chi connectivity index (χ0v) is 16.9. The van der Waals surface area contributed by atoms with Crippen molar-refractivity contribution in [2.24, 2.45) is 10.7 Å². The quantitative estimate of drug-likeness (QED) is 0.706. The van der Waals surface area contributed by atoms with E-state index in [-0.39, 0.29) is 12.5 Å². The van der Waals surface area contributed by atoms with Crippen LogP contribution in [0, 0.1) is 0 Å². The summed E-state index contributed by atoms with van der Waals surface area (Å²) < 4.78 is 10.9. The molecule has 0 saturated carbocycles. The van der Waals surface area contributed by atoms with Crippen LogP contribution < -0.4 is 15.2 Å². The molecule has 0 bridgehead atoms. The molecule has 2 amide bonds. The number of benzene rings is 2. The first-order chi connectivity index (χ1) is 14.0. The minimum atomic E-state index is -0.602. The number of carbonyl (C=O) groups excluding carboxylic acids is 2. The zero-order valence-electron chi connectivity index (χ0n) is 16.1. The van der Waals surface area contributed by atoms with Gasteiger partial charge in [0.2, 0.25) is 0 Å². The molecule has 3 rings (SSSR count). The van der Waals surface area contributed by atoms with Crippen molar-refractivity contribution in [2.45, 2.75) is 6.92 Å². The minimum Gasteiger partial charge on any atom is -0.493 e. The lowest BCUT2D eigenvalue weighted by molar-refractivity contribution is -0.122. The van der Waals surface area contributed by atoms with Gasteiger partial charge in [-0.2, -0.15) is 0 Å². The van der Waals surface area contributed by atoms with Gasteiger partial charge in [-0.05, 0) is 43.0 Å². The van der Waals surface area contributed by atoms with Crippen LogP contribution in [-0.2, 0) is 9.59 Å². The third-order valence-corrected chi connectivity index (χ3v) is 5.07. The highest BCUT2D eigenvalue weighted by atomic mass is 32.2. The molecular formula is C21H21N3O4S. The lowest BCUT2D eigenvalue weighted by Gasteiger charge is -2.13. The maximum absolute atomic E-state index is 12.9. The van der Waals surface area contributed by atoms with Gasteiger partial charge in [-0.25, -0.2) is 4.99 Å². The minimum absolute atomic E-state index is 0.143. The number of hydrogen-bond donors (Lipinski definition) is 1. The molecule has 1 aliphatic rings. The Morgan fingerprint density at radius 2 is 1.97 bits per heavy atom. The SMILES string of the molecule is CCN1C(=O)/C(=C\c2cccc(OC)c2OCC(N)=O)SC1=Nc1ccccc1. The van der Waals surface area contributed by atoms with E-state index in [4.69, 9.17) is 15.2 Å². The van der Waals surface area contributed by atoms with Crippen molar-refractivity contribution >= 4 is 40.5 Å². The number of aliphatic imine (C=N–C) groups is 1. The molecule has 1 saturated heterocycles. The third-order valence-electron chi connectivity index (χ3n) is 4.06. The molecule has 0 unspecified atom stereocenters. The number of nitrogens with two attached hydrogens (primary N) is 1. The molecule has 1 aliphatic heterocycles. The molecule has 0 aliphatic carbocycles. The van der Waals surface area contributed by atoms with Crippen molar-refractivity contribution in [1.82, 2.24) is 4.90 Å². The Bertz CT molecular complexity index is 973. The lowest BCUT2D eigenvalue weighted by Crippen LogP contribution is -2.28. The first-order valence-corrected chi connectivity index (χ1v) is 9.78. The van der Waals surface area contributed by atoms with Crippen molar-refractivity contribution in [3.8, 4) is 11.5 Å². The van der Waals surface area contributed by atoms with E-state index >= 15 is 0 Å². The molecule has 1 fully saturated rings. The number of carbonyl (C=O) groups is 2. The molecular weight excluding hydrogens is 390 g/mol. The number of methoxy groups -OCH3 is 1. The van der Waals surface area contributed by atoms with E-state index in [1.54, 1.807) is 29.2 Å². The summed E-state index contributed by atoms with van der Waals surface area (Å²) in [5.41, 5.74) is 6.58. The molecule has 1 heterocycles. The van der Waals surface area contributed by atoms with Crippen LogP contribution in [0.25, 0.3) is 6.08 Å². The Kier molecular flexibility index (Phi) is 6.56. The third kappa shape index (κ3) is 4.78. The highest BCUT2D eigenvalue weighted by molar-refractivity contribution is 8.18. The second kappa shape index (κ2) is 9.29. The van der Waals surface area contributed by atoms with Gasteiger partial charge in [0, 0.05) is 12.1 Å². The summed E-state index contributed by atoms with van der Waals surface area (Å²) in [5, 5.41) is 0.609. The lowest BCUT2D eigenvalue weighted by atomic mass is 10.1. The maximum Gasteiger partial charge on any atom is 0.266 e. The smallest absolute Gasteiger partial charge is 0.266 e. The van der Waals surface area contributed by atoms with Gasteiger partial charge in [0.15, 0.2) is 23.3 Å². The van der Waals surface area contributed by atoms with Gasteiger partial charge in [0.05, 0.1) is 17.7 Å². The van der Waals surface area contributed by atoms with Crippen LogP contribution >= 0.6 is 11.8 Å². The average Bonchev–Trinajstić information content (AvgIpc) is 3.01. The highest BCUT2D eigenvalue weighted by Gasteiger charge is 2.32. The molecule has 0 radical (unpaired) electrons. The Labute approximate surface area is 173 Å². The van der Waals surface area contributed by atoms with Crippen LogP contribution in [0.15, 0.2) is 58.4 Å². The van der Waals surface area contributed by atoms with E-state index < -0.39 is 5.91 Å². The second-order valence-electron chi connectivity index (χ2n) is 6.02. The fraction of sp³-hybridized carbons (Fsp3) is 0.190. The Hall–Kier alpha value is -3.26. The number of ether oxygens (including phenoxy) is 2. The average molecular weight is 411 g/mol. The Morgan fingerprint density at radius 3 is 2.62 bits per heavy atom. The largest absolute Gasteiger partial charge is 0.493 e. The normalized spacial score (nSPS) is 16.5. The molecule has 7 nitrogen and oxygen atoms in total. The van der Waals surface area contributed by atoms with Crippen LogP contribution in [0.4, 0.5) is 5.69 Å². The number of para-hydroxylation sites is 2. The summed E-state index contributed by atoms with van der Waals surface area (Å²) in [6, 6.07) is 14.7. The molecule has 150 valence electrons. The molecule has 0 spiro atoms. The fourth-order valence-electron chi connectivity index (χ4n) is 2.73. The van der Waals surface area contributed by atoms with Crippen LogP contribution in [0.5, 0.6) is 11.5 Å². The van der Waals surface area contributed by atoms with Crippen LogP contribution in [0.2, 0.25) is 0 Å². The van der Waals surface area contributed by atoms with Gasteiger partial charge in [0.25, 0.3) is 11.8 Å². The van der Waals surface area contributed by atoms with E-state index in [2.05, 4.69) is 4.99 Å². The van der Waals surface area contributed by atoms with Crippen LogP contribution in [0.3, 0.4) is 0 Å². The summed E-state index contributed by atoms with van der Waals surface area (Å²) in [4.78, 5) is 30.7. The molecule has 2 N–H and O–H groups in total. The summed E-state index contributed by atoms with van der Waals surface area (Å²) in [6.07, 6.45) is 1.71. The number of rotatable bonds is 7. The fourth-order valence-corrected chi connectivity index (χ4v) is 3.78. The van der Waals surface area contributed by atoms with Gasteiger partial charge < -0.3 is 15.2 Å². The summed E-state index contributed by atoms with van der Waals surface area (Å²) in [5.74, 6) is 0.0545. The number of likely N-dealkylation sites (N-methyl/N-ethyl adjacent to an activating group) is 1. The molecule has 0 atom stereocenters. The van der Waals surface area contributed by atoms with Crippen LogP contribution in [-0.4, -0.2) is 42.1 Å². The first-order valence-electron chi connectivity index (χ1n) is 8.96. The van der Waals surface area contributed by atoms with Gasteiger partial charge in [-0.3, -0.25) is 14.5 Å². The van der Waals surface area contributed by atoms with Crippen molar-refractivity contribution in [3.63, 3.8) is 0 Å². The van der Waals surface area contributed by atoms with E-state index in [0.717, 1.165) is 5.69 Å². The number of thioether (sulfide) groups is 1. The number of amides is 2. The summed E-state index contributed by atoms with van der Waals surface area (Å²) in [6.45, 7) is 2.10. The number of amidine groups is 1. The van der Waals surface area contributed by atoms with E-state index in [9.17, 15) is 9.59 Å². The number of primary amides is 1. The predicted octanol–water partition coefficient (Wildman–Crippen LogP) is 3.18. The summed E-state index contributed by atoms with van der Waals surface area (Å²) >= 11 is 1.29. The topological polar surface area (TPSA) is 94.2 Å². The van der Waals surface area contributed by atoms with Gasteiger partial charge in [-0.1, -0.05) is 30.3 Å². The maximum atomic E-state index is 12.9. The summed E-state index contributed by atoms with van der Waals surface area (Å²) in [7, 11) is 1.50. The van der Waals surface area contributed by atoms with Gasteiger partial charge in [0.1, 0.15) is 0 Å². The molecule has 29 heavy (non-hydrogen) atoms. The number of hydrogen-bond acceptors (Lipinski definition) is 6. The number of nitrogens with zero attached hydrogens (tertiary/aromatic N) is 2. The Balaban J connectivity index is 1.97. The van der Waals surface area contributed by atoms with E-state index in [0.29, 0.717) is 33.7 Å². The van der Waals surface area contributed by atoms with Crippen LogP contribution in [0.1, 0.15) is 12.5 Å². The molecule has 8 heteroatoms. The standard InChI is InChI=1S/C21H21N3O4S/c1-3-24-20(26)17(29-21(24)23-15-9-5-4-6-10-15)12-14-8-7-11-16(27-2)19(14)28-13-18(22)25/h4-12H,3,13H2,1-2H3,(H2,22,25)/b17-12+,23-21?. The van der Waals surface area contributed by atoms with E-state index in [1.165, 1.54) is 18.9 Å².